The van der Waals surface area contributed by atoms with Crippen LogP contribution in [0.2, 0.25) is 0 Å². The third-order valence-corrected chi connectivity index (χ3v) is 6.11. The van der Waals surface area contributed by atoms with Crippen LogP contribution in [0.15, 0.2) is 72.1 Å². The summed E-state index contributed by atoms with van der Waals surface area (Å²) in [5.41, 5.74) is 2.35. The van der Waals surface area contributed by atoms with Gasteiger partial charge in [0, 0.05) is 17.6 Å². The number of fused-ring (bicyclic) bond motifs is 1. The number of benzene rings is 3. The minimum Gasteiger partial charge on any atom is -0.490 e. The van der Waals surface area contributed by atoms with Gasteiger partial charge in [0.2, 0.25) is 0 Å². The number of rotatable bonds is 6. The molecule has 1 saturated heterocycles. The molecule has 31 heavy (non-hydrogen) atoms. The van der Waals surface area contributed by atoms with Gasteiger partial charge in [0.1, 0.15) is 12.4 Å². The molecule has 5 nitrogen and oxygen atoms in total. The van der Waals surface area contributed by atoms with Gasteiger partial charge in [-0.05, 0) is 41.8 Å². The molecule has 0 aliphatic carbocycles. The highest BCUT2D eigenvalue weighted by Gasteiger charge is 2.19. The number of thiazole rings is 1. The Kier molecular flexibility index (Phi) is 5.65. The van der Waals surface area contributed by atoms with Crippen molar-refractivity contribution in [1.82, 2.24) is 4.98 Å². The molecule has 6 heteroatoms. The van der Waals surface area contributed by atoms with E-state index in [1.165, 1.54) is 16.7 Å². The smallest absolute Gasteiger partial charge is 0.261 e. The Hall–Kier alpha value is -3.22. The average molecular weight is 431 g/mol. The predicted octanol–water partition coefficient (Wildman–Crippen LogP) is 5.77. The van der Waals surface area contributed by atoms with Crippen molar-refractivity contribution >= 4 is 33.1 Å². The molecule has 1 N–H and O–H groups in total. The van der Waals surface area contributed by atoms with Crippen LogP contribution in [0.25, 0.3) is 22.0 Å². The van der Waals surface area contributed by atoms with E-state index in [1.807, 2.05) is 35.7 Å². The van der Waals surface area contributed by atoms with Crippen molar-refractivity contribution < 1.29 is 14.3 Å². The second-order valence-corrected chi connectivity index (χ2v) is 8.35. The van der Waals surface area contributed by atoms with Crippen molar-refractivity contribution in [3.05, 3.63) is 77.7 Å². The maximum absolute atomic E-state index is 12.9. The Balaban J connectivity index is 1.30. The molecule has 2 heterocycles. The van der Waals surface area contributed by atoms with E-state index >= 15 is 0 Å². The number of nitrogens with zero attached hydrogens (tertiary/aromatic N) is 1. The summed E-state index contributed by atoms with van der Waals surface area (Å²) in [7, 11) is 0. The van der Waals surface area contributed by atoms with Gasteiger partial charge in [0.05, 0.1) is 17.4 Å². The van der Waals surface area contributed by atoms with Crippen molar-refractivity contribution in [2.24, 2.45) is 0 Å². The first-order chi connectivity index (χ1) is 15.3. The summed E-state index contributed by atoms with van der Waals surface area (Å²) in [6.45, 7) is 1.23. The third-order valence-electron chi connectivity index (χ3n) is 5.35. The lowest BCUT2D eigenvalue weighted by molar-refractivity contribution is 0.0673. The number of anilines is 1. The number of nitrogens with one attached hydrogen (secondary N) is 1. The summed E-state index contributed by atoms with van der Waals surface area (Å²) >= 11 is 1.41. The quantitative estimate of drug-likeness (QED) is 0.422. The predicted molar refractivity (Wildman–Crippen MR) is 124 cm³/mol. The van der Waals surface area contributed by atoms with Crippen molar-refractivity contribution in [2.75, 3.05) is 18.5 Å². The van der Waals surface area contributed by atoms with Crippen molar-refractivity contribution in [2.45, 2.75) is 18.9 Å². The van der Waals surface area contributed by atoms with Crippen LogP contribution < -0.4 is 10.1 Å². The Morgan fingerprint density at radius 3 is 2.81 bits per heavy atom. The number of carbonyl (C=O) groups excluding carboxylic acids is 1. The molecule has 0 bridgehead atoms. The maximum atomic E-state index is 12.9. The van der Waals surface area contributed by atoms with Crippen LogP contribution in [-0.4, -0.2) is 30.2 Å². The van der Waals surface area contributed by atoms with Crippen LogP contribution in [0, 0.1) is 0 Å². The Bertz CT molecular complexity index is 1210. The first kappa shape index (κ1) is 19.7. The van der Waals surface area contributed by atoms with Gasteiger partial charge >= 0.3 is 0 Å². The van der Waals surface area contributed by atoms with Gasteiger partial charge in [-0.2, -0.15) is 0 Å². The molecule has 1 fully saturated rings. The normalized spacial score (nSPS) is 15.8. The minimum atomic E-state index is -0.234. The second kappa shape index (κ2) is 8.88. The fourth-order valence-corrected chi connectivity index (χ4v) is 4.43. The van der Waals surface area contributed by atoms with Crippen LogP contribution >= 0.6 is 11.3 Å². The standard InChI is InChI=1S/C25H22N2O3S/c28-24(21-9-3-4-10-23(21)30-15-20-8-5-13-29-20)27-25-26-22(16-31-25)19-12-11-17-6-1-2-7-18(17)14-19/h1-4,6-7,9-12,14,16,20H,5,8,13,15H2,(H,26,27,28). The third kappa shape index (κ3) is 4.45. The highest BCUT2D eigenvalue weighted by molar-refractivity contribution is 7.14. The molecule has 0 radical (unpaired) electrons. The van der Waals surface area contributed by atoms with Crippen LogP contribution in [0.5, 0.6) is 5.75 Å². The SMILES string of the molecule is O=C(Nc1nc(-c2ccc3ccccc3c2)cs1)c1ccccc1OCC1CCCO1. The molecule has 1 aromatic heterocycles. The van der Waals surface area contributed by atoms with E-state index in [4.69, 9.17) is 9.47 Å². The van der Waals surface area contributed by atoms with Crippen molar-refractivity contribution in [3.63, 3.8) is 0 Å². The zero-order chi connectivity index (χ0) is 21.0. The molecular formula is C25H22N2O3S. The molecule has 0 spiro atoms. The highest BCUT2D eigenvalue weighted by Crippen LogP contribution is 2.29. The minimum absolute atomic E-state index is 0.0968. The van der Waals surface area contributed by atoms with E-state index in [0.29, 0.717) is 23.1 Å². The van der Waals surface area contributed by atoms with Crippen LogP contribution in [-0.2, 0) is 4.74 Å². The van der Waals surface area contributed by atoms with Gasteiger partial charge in [0.15, 0.2) is 5.13 Å². The molecule has 1 atom stereocenters. The number of hydrogen-bond acceptors (Lipinski definition) is 5. The number of ether oxygens (including phenoxy) is 2. The van der Waals surface area contributed by atoms with Gasteiger partial charge in [-0.1, -0.05) is 48.5 Å². The summed E-state index contributed by atoms with van der Waals surface area (Å²) in [6.07, 6.45) is 2.14. The number of aromatic nitrogens is 1. The molecule has 4 aromatic rings. The molecule has 156 valence electrons. The lowest BCUT2D eigenvalue weighted by atomic mass is 10.1. The molecule has 1 unspecified atom stereocenters. The van der Waals surface area contributed by atoms with E-state index < -0.39 is 0 Å². The fraction of sp³-hybridized carbons (Fsp3) is 0.200. The first-order valence-electron chi connectivity index (χ1n) is 10.4. The molecule has 3 aromatic carbocycles. The van der Waals surface area contributed by atoms with Crippen molar-refractivity contribution in [3.8, 4) is 17.0 Å². The van der Waals surface area contributed by atoms with Gasteiger partial charge in [-0.3, -0.25) is 10.1 Å². The highest BCUT2D eigenvalue weighted by atomic mass is 32.1. The zero-order valence-corrected chi connectivity index (χ0v) is 17.7. The van der Waals surface area contributed by atoms with Gasteiger partial charge < -0.3 is 9.47 Å². The fourth-order valence-electron chi connectivity index (χ4n) is 3.72. The largest absolute Gasteiger partial charge is 0.490 e. The number of amides is 1. The van der Waals surface area contributed by atoms with E-state index in [0.717, 1.165) is 36.1 Å². The van der Waals surface area contributed by atoms with Gasteiger partial charge in [0.25, 0.3) is 5.91 Å². The molecule has 1 aliphatic rings. The Morgan fingerprint density at radius 2 is 1.94 bits per heavy atom. The number of para-hydroxylation sites is 1. The van der Waals surface area contributed by atoms with Crippen molar-refractivity contribution in [1.29, 1.82) is 0 Å². The first-order valence-corrected chi connectivity index (χ1v) is 11.2. The average Bonchev–Trinajstić information content (AvgIpc) is 3.50. The molecular weight excluding hydrogens is 408 g/mol. The van der Waals surface area contributed by atoms with E-state index in [2.05, 4.69) is 40.6 Å². The van der Waals surface area contributed by atoms with Crippen LogP contribution in [0.3, 0.4) is 0 Å². The van der Waals surface area contributed by atoms with E-state index in [9.17, 15) is 4.79 Å². The zero-order valence-electron chi connectivity index (χ0n) is 16.9. The Labute approximate surface area is 184 Å². The van der Waals surface area contributed by atoms with E-state index in [1.54, 1.807) is 6.07 Å². The van der Waals surface area contributed by atoms with E-state index in [-0.39, 0.29) is 12.0 Å². The maximum Gasteiger partial charge on any atom is 0.261 e. The molecule has 1 aliphatic heterocycles. The summed E-state index contributed by atoms with van der Waals surface area (Å²) in [5, 5.41) is 7.78. The number of hydrogen-bond donors (Lipinski definition) is 1. The molecule has 0 saturated carbocycles. The topological polar surface area (TPSA) is 60.5 Å². The van der Waals surface area contributed by atoms with Gasteiger partial charge in [-0.25, -0.2) is 4.98 Å². The van der Waals surface area contributed by atoms with Gasteiger partial charge in [-0.15, -0.1) is 11.3 Å². The summed E-state index contributed by atoms with van der Waals surface area (Å²) < 4.78 is 11.5. The second-order valence-electron chi connectivity index (χ2n) is 7.50. The monoisotopic (exact) mass is 430 g/mol. The Morgan fingerprint density at radius 1 is 1.10 bits per heavy atom. The summed E-state index contributed by atoms with van der Waals surface area (Å²) in [4.78, 5) is 17.5. The van der Waals surface area contributed by atoms with Crippen LogP contribution in [0.4, 0.5) is 5.13 Å². The lowest BCUT2D eigenvalue weighted by Crippen LogP contribution is -2.19. The summed E-state index contributed by atoms with van der Waals surface area (Å²) in [6, 6.07) is 21.7. The van der Waals surface area contributed by atoms with Crippen LogP contribution in [0.1, 0.15) is 23.2 Å². The summed E-state index contributed by atoms with van der Waals surface area (Å²) in [5.74, 6) is 0.323. The number of carbonyl (C=O) groups is 1. The lowest BCUT2D eigenvalue weighted by Gasteiger charge is -2.14. The molecule has 1 amide bonds. The molecule has 5 rings (SSSR count).